The van der Waals surface area contributed by atoms with E-state index in [-0.39, 0.29) is 0 Å². The monoisotopic (exact) mass is 269 g/mol. The quantitative estimate of drug-likeness (QED) is 0.442. The van der Waals surface area contributed by atoms with Crippen LogP contribution in [-0.2, 0) is 9.59 Å². The number of carbonyl (C=O) groups excluding carboxylic acids is 2. The largest absolute Gasteiger partial charge is 0.398 e. The van der Waals surface area contributed by atoms with Crippen LogP contribution in [0.25, 0.3) is 0 Å². The normalized spacial score (nSPS) is 9.89. The zero-order chi connectivity index (χ0) is 13.5. The van der Waals surface area contributed by atoms with Crippen molar-refractivity contribution in [2.75, 3.05) is 17.6 Å². The number of hydrogen-bond acceptors (Lipinski definition) is 3. The Balaban J connectivity index is 2.53. The number of halogens is 1. The molecule has 0 saturated carbocycles. The van der Waals surface area contributed by atoms with Crippen LogP contribution in [0.2, 0.25) is 5.02 Å². The molecule has 1 aromatic carbocycles. The maximum absolute atomic E-state index is 11.5. The Hall–Kier alpha value is -1.75. The van der Waals surface area contributed by atoms with Crippen LogP contribution in [-0.4, -0.2) is 18.4 Å². The smallest absolute Gasteiger partial charge is 0.313 e. The van der Waals surface area contributed by atoms with E-state index in [2.05, 4.69) is 10.6 Å². The maximum Gasteiger partial charge on any atom is 0.313 e. The molecule has 18 heavy (non-hydrogen) atoms. The van der Waals surface area contributed by atoms with Crippen molar-refractivity contribution in [3.8, 4) is 0 Å². The van der Waals surface area contributed by atoms with Crippen LogP contribution < -0.4 is 16.4 Å². The van der Waals surface area contributed by atoms with Gasteiger partial charge in [-0.1, -0.05) is 24.9 Å². The highest BCUT2D eigenvalue weighted by Gasteiger charge is 2.13. The number of nitrogens with one attached hydrogen (secondary N) is 2. The van der Waals surface area contributed by atoms with E-state index < -0.39 is 11.8 Å². The van der Waals surface area contributed by atoms with Crippen LogP contribution in [0, 0.1) is 0 Å². The standard InChI is InChI=1S/C12H16ClN3O2/c1-2-3-6-15-11(17)12(18)16-8-4-5-10(14)9(13)7-8/h4-5,7H,2-3,6,14H2,1H3,(H,15,17)(H,16,18). The predicted octanol–water partition coefficient (Wildman–Crippen LogP) is 1.78. The van der Waals surface area contributed by atoms with E-state index in [4.69, 9.17) is 17.3 Å². The molecule has 0 fully saturated rings. The van der Waals surface area contributed by atoms with Crippen molar-refractivity contribution < 1.29 is 9.59 Å². The van der Waals surface area contributed by atoms with Gasteiger partial charge in [-0.3, -0.25) is 9.59 Å². The Bertz CT molecular complexity index is 449. The van der Waals surface area contributed by atoms with Gasteiger partial charge in [0.25, 0.3) is 0 Å². The molecule has 1 aromatic rings. The highest BCUT2D eigenvalue weighted by atomic mass is 35.5. The fourth-order valence-electron chi connectivity index (χ4n) is 1.25. The molecular formula is C12H16ClN3O2. The third kappa shape index (κ3) is 4.25. The van der Waals surface area contributed by atoms with E-state index in [9.17, 15) is 9.59 Å². The number of rotatable bonds is 4. The van der Waals surface area contributed by atoms with Crippen LogP contribution >= 0.6 is 11.6 Å². The molecule has 0 radical (unpaired) electrons. The molecule has 0 aliphatic rings. The summed E-state index contributed by atoms with van der Waals surface area (Å²) >= 11 is 5.80. The summed E-state index contributed by atoms with van der Waals surface area (Å²) in [5.41, 5.74) is 6.39. The zero-order valence-electron chi connectivity index (χ0n) is 10.1. The number of benzene rings is 1. The number of nitrogens with two attached hydrogens (primary N) is 1. The number of nitrogen functional groups attached to an aromatic ring is 1. The molecule has 0 unspecified atom stereocenters. The summed E-state index contributed by atoms with van der Waals surface area (Å²) in [6, 6.07) is 4.64. The summed E-state index contributed by atoms with van der Waals surface area (Å²) in [7, 11) is 0. The lowest BCUT2D eigenvalue weighted by Crippen LogP contribution is -2.35. The first-order chi connectivity index (χ1) is 8.54. The third-order valence-electron chi connectivity index (χ3n) is 2.28. The predicted molar refractivity (Wildman–Crippen MR) is 72.4 cm³/mol. The highest BCUT2D eigenvalue weighted by molar-refractivity contribution is 6.40. The van der Waals surface area contributed by atoms with Gasteiger partial charge in [-0.15, -0.1) is 0 Å². The Morgan fingerprint density at radius 1 is 1.33 bits per heavy atom. The molecule has 0 bridgehead atoms. The molecule has 98 valence electrons. The lowest BCUT2D eigenvalue weighted by atomic mass is 10.3. The van der Waals surface area contributed by atoms with E-state index in [1.165, 1.54) is 6.07 Å². The molecule has 5 nitrogen and oxygen atoms in total. The summed E-state index contributed by atoms with van der Waals surface area (Å²) < 4.78 is 0. The van der Waals surface area contributed by atoms with Gasteiger partial charge in [-0.2, -0.15) is 0 Å². The average molecular weight is 270 g/mol. The van der Waals surface area contributed by atoms with Crippen LogP contribution in [0.15, 0.2) is 18.2 Å². The van der Waals surface area contributed by atoms with Crippen molar-refractivity contribution in [3.05, 3.63) is 23.2 Å². The fraction of sp³-hybridized carbons (Fsp3) is 0.333. The van der Waals surface area contributed by atoms with Gasteiger partial charge < -0.3 is 16.4 Å². The van der Waals surface area contributed by atoms with Gasteiger partial charge in [-0.25, -0.2) is 0 Å². The van der Waals surface area contributed by atoms with Crippen LogP contribution in [0.5, 0.6) is 0 Å². The Morgan fingerprint density at radius 3 is 2.67 bits per heavy atom. The minimum absolute atomic E-state index is 0.333. The number of carbonyl (C=O) groups is 2. The van der Waals surface area contributed by atoms with Crippen molar-refractivity contribution in [2.45, 2.75) is 19.8 Å². The summed E-state index contributed by atoms with van der Waals surface area (Å²) in [5, 5.41) is 5.30. The lowest BCUT2D eigenvalue weighted by Gasteiger charge is -2.07. The summed E-state index contributed by atoms with van der Waals surface area (Å²) in [4.78, 5) is 22.9. The van der Waals surface area contributed by atoms with Crippen molar-refractivity contribution >= 4 is 34.8 Å². The van der Waals surface area contributed by atoms with Crippen molar-refractivity contribution in [2.24, 2.45) is 0 Å². The van der Waals surface area contributed by atoms with E-state index in [0.29, 0.717) is 22.9 Å². The molecule has 4 N–H and O–H groups in total. The number of unbranched alkanes of at least 4 members (excludes halogenated alkanes) is 1. The topological polar surface area (TPSA) is 84.2 Å². The molecule has 1 rings (SSSR count). The van der Waals surface area contributed by atoms with Gasteiger partial charge in [0.2, 0.25) is 0 Å². The van der Waals surface area contributed by atoms with E-state index >= 15 is 0 Å². The Morgan fingerprint density at radius 2 is 2.06 bits per heavy atom. The second-order valence-corrected chi connectivity index (χ2v) is 4.21. The molecule has 0 aromatic heterocycles. The molecular weight excluding hydrogens is 254 g/mol. The number of hydrogen-bond donors (Lipinski definition) is 3. The molecule has 0 aliphatic heterocycles. The first kappa shape index (κ1) is 14.3. The van der Waals surface area contributed by atoms with Gasteiger partial charge >= 0.3 is 11.8 Å². The zero-order valence-corrected chi connectivity index (χ0v) is 10.9. The van der Waals surface area contributed by atoms with Gasteiger partial charge in [0.15, 0.2) is 0 Å². The van der Waals surface area contributed by atoms with Crippen molar-refractivity contribution in [1.82, 2.24) is 5.32 Å². The first-order valence-electron chi connectivity index (χ1n) is 5.68. The first-order valence-corrected chi connectivity index (χ1v) is 6.06. The Kier molecular flexibility index (Phi) is 5.45. The maximum atomic E-state index is 11.5. The summed E-state index contributed by atoms with van der Waals surface area (Å²) in [6.45, 7) is 2.49. The minimum Gasteiger partial charge on any atom is -0.398 e. The molecule has 0 aliphatic carbocycles. The number of amides is 2. The lowest BCUT2D eigenvalue weighted by molar-refractivity contribution is -0.136. The molecule has 0 spiro atoms. The summed E-state index contributed by atoms with van der Waals surface area (Å²) in [5.74, 6) is -1.37. The second kappa shape index (κ2) is 6.86. The molecule has 0 saturated heterocycles. The molecule has 2 amide bonds. The molecule has 0 heterocycles. The average Bonchev–Trinajstić information content (AvgIpc) is 2.34. The van der Waals surface area contributed by atoms with Crippen LogP contribution in [0.3, 0.4) is 0 Å². The van der Waals surface area contributed by atoms with E-state index in [0.717, 1.165) is 12.8 Å². The van der Waals surface area contributed by atoms with Crippen molar-refractivity contribution in [1.29, 1.82) is 0 Å². The van der Waals surface area contributed by atoms with Gasteiger partial charge in [0.1, 0.15) is 0 Å². The Labute approximate surface area is 111 Å². The van der Waals surface area contributed by atoms with Gasteiger partial charge in [0, 0.05) is 12.2 Å². The second-order valence-electron chi connectivity index (χ2n) is 3.80. The molecule has 6 heteroatoms. The van der Waals surface area contributed by atoms with Crippen LogP contribution in [0.1, 0.15) is 19.8 Å². The highest BCUT2D eigenvalue weighted by Crippen LogP contribution is 2.22. The summed E-state index contributed by atoms with van der Waals surface area (Å²) in [6.07, 6.45) is 1.79. The van der Waals surface area contributed by atoms with Gasteiger partial charge in [-0.05, 0) is 24.6 Å². The third-order valence-corrected chi connectivity index (χ3v) is 2.61. The SMILES string of the molecule is CCCCNC(=O)C(=O)Nc1ccc(N)c(Cl)c1. The number of anilines is 2. The molecule has 0 atom stereocenters. The minimum atomic E-state index is -0.716. The van der Waals surface area contributed by atoms with Crippen LogP contribution in [0.4, 0.5) is 11.4 Å². The van der Waals surface area contributed by atoms with E-state index in [1.54, 1.807) is 12.1 Å². The van der Waals surface area contributed by atoms with Gasteiger partial charge in [0.05, 0.1) is 10.7 Å². The van der Waals surface area contributed by atoms with Crippen molar-refractivity contribution in [3.63, 3.8) is 0 Å². The fourth-order valence-corrected chi connectivity index (χ4v) is 1.43. The van der Waals surface area contributed by atoms with E-state index in [1.807, 2.05) is 6.92 Å².